The summed E-state index contributed by atoms with van der Waals surface area (Å²) < 4.78 is 5.38. The number of hydrogen-bond donors (Lipinski definition) is 6. The van der Waals surface area contributed by atoms with Gasteiger partial charge in [-0.3, -0.25) is 9.79 Å². The Kier molecular flexibility index (Phi) is 20.2. The Morgan fingerprint density at radius 2 is 1.57 bits per heavy atom. The molecule has 0 aliphatic rings. The SMILES string of the molecule is CCCCOC(=O)C(CCCCNCC=N)NC(=O)Cc1cccc(CC(C)=NC(CCCCNCC=N)C(=O)O)c1. The van der Waals surface area contributed by atoms with Gasteiger partial charge < -0.3 is 36.6 Å². The van der Waals surface area contributed by atoms with Gasteiger partial charge in [0, 0.05) is 37.7 Å². The maximum absolute atomic E-state index is 12.9. The number of unbranched alkanes of at least 4 members (excludes halogenated alkanes) is 3. The van der Waals surface area contributed by atoms with Crippen LogP contribution < -0.4 is 16.0 Å². The van der Waals surface area contributed by atoms with Crippen molar-refractivity contribution in [3.05, 3.63) is 35.4 Å². The van der Waals surface area contributed by atoms with E-state index in [0.717, 1.165) is 62.7 Å². The van der Waals surface area contributed by atoms with Gasteiger partial charge in [-0.15, -0.1) is 0 Å². The summed E-state index contributed by atoms with van der Waals surface area (Å²) in [6, 6.07) is 6.03. The molecule has 1 aromatic rings. The van der Waals surface area contributed by atoms with Gasteiger partial charge in [0.2, 0.25) is 5.91 Å². The number of hydrogen-bond acceptors (Lipinski definition) is 9. The van der Waals surface area contributed by atoms with E-state index in [2.05, 4.69) is 20.9 Å². The largest absolute Gasteiger partial charge is 0.480 e. The number of carbonyl (C=O) groups is 3. The van der Waals surface area contributed by atoms with Gasteiger partial charge in [-0.2, -0.15) is 0 Å². The van der Waals surface area contributed by atoms with Gasteiger partial charge >= 0.3 is 11.9 Å². The summed E-state index contributed by atoms with van der Waals surface area (Å²) in [6.45, 7) is 6.65. The highest BCUT2D eigenvalue weighted by Crippen LogP contribution is 2.12. The summed E-state index contributed by atoms with van der Waals surface area (Å²) in [5, 5.41) is 32.7. The lowest BCUT2D eigenvalue weighted by atomic mass is 10.0. The average Bonchev–Trinajstić information content (AvgIpc) is 2.95. The fraction of sp³-hybridized carbons (Fsp3) is 0.613. The molecule has 0 fully saturated rings. The Bertz CT molecular complexity index is 1000. The Morgan fingerprint density at radius 3 is 2.17 bits per heavy atom. The average molecular weight is 587 g/mol. The molecule has 0 aromatic heterocycles. The quantitative estimate of drug-likeness (QED) is 0.0578. The molecule has 0 spiro atoms. The number of aliphatic imine (C=N–C) groups is 1. The number of carboxylic acids is 1. The van der Waals surface area contributed by atoms with Gasteiger partial charge in [-0.05, 0) is 76.1 Å². The Labute approximate surface area is 250 Å². The second-order valence-electron chi connectivity index (χ2n) is 10.3. The standard InChI is InChI=1S/C31H50N6O5/c1-3-4-20-42-31(41)28(13-6-8-17-35-19-15-33)37-29(38)23-26-11-9-10-25(22-26)21-24(2)36-27(30(39)40)12-5-7-16-34-18-14-32/h9-11,14-15,22,27-28,32-35H,3-8,12-13,16-21,23H2,1-2H3,(H,37,38)(H,39,40). The van der Waals surface area contributed by atoms with E-state index >= 15 is 0 Å². The minimum Gasteiger partial charge on any atom is -0.480 e. The third-order valence-electron chi connectivity index (χ3n) is 6.51. The first-order valence-corrected chi connectivity index (χ1v) is 15.0. The third-order valence-corrected chi connectivity index (χ3v) is 6.51. The fourth-order valence-electron chi connectivity index (χ4n) is 4.33. The number of nitrogens with zero attached hydrogens (tertiary/aromatic N) is 1. The summed E-state index contributed by atoms with van der Waals surface area (Å²) in [5.41, 5.74) is 2.42. The van der Waals surface area contributed by atoms with Crippen molar-refractivity contribution >= 4 is 36.0 Å². The summed E-state index contributed by atoms with van der Waals surface area (Å²) in [7, 11) is 0. The van der Waals surface area contributed by atoms with E-state index in [1.165, 1.54) is 12.4 Å². The summed E-state index contributed by atoms with van der Waals surface area (Å²) in [6.07, 6.45) is 8.85. The second kappa shape index (κ2) is 23.2. The molecule has 0 bridgehead atoms. The smallest absolute Gasteiger partial charge is 0.328 e. The van der Waals surface area contributed by atoms with E-state index in [9.17, 15) is 19.5 Å². The van der Waals surface area contributed by atoms with E-state index in [1.807, 2.05) is 38.1 Å². The number of rotatable bonds is 25. The van der Waals surface area contributed by atoms with Crippen LogP contribution in [0.15, 0.2) is 29.3 Å². The summed E-state index contributed by atoms with van der Waals surface area (Å²) >= 11 is 0. The van der Waals surface area contributed by atoms with Crippen molar-refractivity contribution in [2.75, 3.05) is 32.8 Å². The third kappa shape index (κ3) is 17.4. The molecule has 1 amide bonds. The van der Waals surface area contributed by atoms with Crippen LogP contribution >= 0.6 is 0 Å². The van der Waals surface area contributed by atoms with Crippen molar-refractivity contribution in [1.29, 1.82) is 10.8 Å². The van der Waals surface area contributed by atoms with Crippen molar-refractivity contribution in [2.24, 2.45) is 4.99 Å². The van der Waals surface area contributed by atoms with Crippen LogP contribution in [0.25, 0.3) is 0 Å². The van der Waals surface area contributed by atoms with Crippen LogP contribution in [0.5, 0.6) is 0 Å². The van der Waals surface area contributed by atoms with Crippen LogP contribution in [-0.4, -0.2) is 86.0 Å². The van der Waals surface area contributed by atoms with Gasteiger partial charge in [0.05, 0.1) is 13.0 Å². The number of carboxylic acid groups (broad SMARTS) is 1. The van der Waals surface area contributed by atoms with Crippen LogP contribution in [0.1, 0.15) is 76.3 Å². The first kappa shape index (κ1) is 36.6. The van der Waals surface area contributed by atoms with Crippen LogP contribution in [0.4, 0.5) is 0 Å². The van der Waals surface area contributed by atoms with Gasteiger partial charge in [0.15, 0.2) is 0 Å². The molecule has 1 aromatic carbocycles. The summed E-state index contributed by atoms with van der Waals surface area (Å²) in [5.74, 6) is -1.63. The normalized spacial score (nSPS) is 12.8. The topological polar surface area (TPSA) is 177 Å². The van der Waals surface area contributed by atoms with E-state index in [0.29, 0.717) is 44.7 Å². The maximum atomic E-state index is 12.9. The Balaban J connectivity index is 2.72. The molecule has 2 unspecified atom stereocenters. The Hall–Kier alpha value is -3.44. The lowest BCUT2D eigenvalue weighted by Crippen LogP contribution is -2.42. The maximum Gasteiger partial charge on any atom is 0.328 e. The molecular weight excluding hydrogens is 536 g/mol. The molecule has 0 saturated carbocycles. The van der Waals surface area contributed by atoms with Crippen LogP contribution in [0, 0.1) is 10.8 Å². The molecule has 0 saturated heterocycles. The highest BCUT2D eigenvalue weighted by molar-refractivity contribution is 5.88. The van der Waals surface area contributed by atoms with Crippen molar-refractivity contribution in [2.45, 2.75) is 90.1 Å². The van der Waals surface area contributed by atoms with Crippen molar-refractivity contribution in [1.82, 2.24) is 16.0 Å². The van der Waals surface area contributed by atoms with Crippen molar-refractivity contribution in [3.63, 3.8) is 0 Å². The van der Waals surface area contributed by atoms with E-state index < -0.39 is 24.0 Å². The molecule has 11 nitrogen and oxygen atoms in total. The molecule has 0 radical (unpaired) electrons. The van der Waals surface area contributed by atoms with Crippen LogP contribution in [-0.2, 0) is 32.0 Å². The van der Waals surface area contributed by atoms with Crippen LogP contribution in [0.3, 0.4) is 0 Å². The number of esters is 1. The predicted molar refractivity (Wildman–Crippen MR) is 167 cm³/mol. The molecule has 2 atom stereocenters. The molecule has 11 heteroatoms. The zero-order valence-electron chi connectivity index (χ0n) is 25.3. The first-order chi connectivity index (χ1) is 20.3. The van der Waals surface area contributed by atoms with Gasteiger partial charge in [-0.1, -0.05) is 37.6 Å². The van der Waals surface area contributed by atoms with E-state index in [-0.39, 0.29) is 12.3 Å². The molecule has 234 valence electrons. The molecular formula is C31H50N6O5. The lowest BCUT2D eigenvalue weighted by molar-refractivity contribution is -0.148. The second-order valence-corrected chi connectivity index (χ2v) is 10.3. The molecule has 42 heavy (non-hydrogen) atoms. The highest BCUT2D eigenvalue weighted by atomic mass is 16.5. The molecule has 6 N–H and O–H groups in total. The molecule has 1 rings (SSSR count). The number of ether oxygens (including phenoxy) is 1. The number of benzene rings is 1. The van der Waals surface area contributed by atoms with E-state index in [1.54, 1.807) is 0 Å². The minimum absolute atomic E-state index is 0.105. The zero-order valence-corrected chi connectivity index (χ0v) is 25.3. The van der Waals surface area contributed by atoms with Gasteiger partial charge in [-0.25, -0.2) is 9.59 Å². The van der Waals surface area contributed by atoms with Crippen molar-refractivity contribution in [3.8, 4) is 0 Å². The van der Waals surface area contributed by atoms with Gasteiger partial charge in [0.25, 0.3) is 0 Å². The highest BCUT2D eigenvalue weighted by Gasteiger charge is 2.22. The van der Waals surface area contributed by atoms with Gasteiger partial charge in [0.1, 0.15) is 12.1 Å². The lowest BCUT2D eigenvalue weighted by Gasteiger charge is -2.18. The zero-order chi connectivity index (χ0) is 31.0. The minimum atomic E-state index is -0.947. The fourth-order valence-corrected chi connectivity index (χ4v) is 4.33. The molecule has 0 heterocycles. The number of carbonyl (C=O) groups excluding carboxylic acids is 2. The van der Waals surface area contributed by atoms with Crippen molar-refractivity contribution < 1.29 is 24.2 Å². The predicted octanol–water partition coefficient (Wildman–Crippen LogP) is 3.33. The summed E-state index contributed by atoms with van der Waals surface area (Å²) in [4.78, 5) is 41.7. The molecule has 0 aliphatic heterocycles. The Morgan fingerprint density at radius 1 is 0.952 bits per heavy atom. The number of amides is 1. The number of aliphatic carboxylic acids is 1. The van der Waals surface area contributed by atoms with Crippen LogP contribution in [0.2, 0.25) is 0 Å². The molecule has 0 aliphatic carbocycles. The van der Waals surface area contributed by atoms with E-state index in [4.69, 9.17) is 15.6 Å². The first-order valence-electron chi connectivity index (χ1n) is 15.0. The number of nitrogens with one attached hydrogen (secondary N) is 5. The monoisotopic (exact) mass is 586 g/mol.